The number of methoxy groups -OCH3 is 1. The first-order chi connectivity index (χ1) is 12.0. The first kappa shape index (κ1) is 18.3. The maximum Gasteiger partial charge on any atom is 0.315 e. The highest BCUT2D eigenvalue weighted by atomic mass is 16.5. The number of benzene rings is 2. The number of ether oxygens (including phenoxy) is 1. The third-order valence-corrected chi connectivity index (χ3v) is 3.90. The second-order valence-corrected chi connectivity index (χ2v) is 5.63. The Balaban J connectivity index is 1.93. The molecule has 0 aliphatic rings. The van der Waals surface area contributed by atoms with Crippen LogP contribution in [0.2, 0.25) is 0 Å². The van der Waals surface area contributed by atoms with Crippen LogP contribution in [-0.2, 0) is 6.54 Å². The van der Waals surface area contributed by atoms with Crippen LogP contribution in [0.15, 0.2) is 48.5 Å². The quantitative estimate of drug-likeness (QED) is 0.723. The van der Waals surface area contributed by atoms with Crippen LogP contribution in [0, 0.1) is 0 Å². The molecule has 4 N–H and O–H groups in total. The number of carbonyl (C=O) groups excluding carboxylic acids is 2. The Kier molecular flexibility index (Phi) is 6.39. The van der Waals surface area contributed by atoms with Crippen LogP contribution in [0.3, 0.4) is 0 Å². The minimum Gasteiger partial charge on any atom is -0.497 e. The van der Waals surface area contributed by atoms with Gasteiger partial charge in [-0.2, -0.15) is 0 Å². The number of rotatable bonds is 7. The summed E-state index contributed by atoms with van der Waals surface area (Å²) in [6, 6.07) is 14.1. The number of nitrogens with one attached hydrogen (secondary N) is 2. The predicted molar refractivity (Wildman–Crippen MR) is 96.4 cm³/mol. The number of primary amides is 1. The van der Waals surface area contributed by atoms with Gasteiger partial charge in [0.1, 0.15) is 5.75 Å². The lowest BCUT2D eigenvalue weighted by Gasteiger charge is -2.18. The summed E-state index contributed by atoms with van der Waals surface area (Å²) < 4.78 is 5.15. The summed E-state index contributed by atoms with van der Waals surface area (Å²) in [6.45, 7) is 2.32. The minimum absolute atomic E-state index is 0.0946. The second kappa shape index (κ2) is 8.73. The fourth-order valence-electron chi connectivity index (χ4n) is 2.48. The van der Waals surface area contributed by atoms with E-state index in [0.29, 0.717) is 12.1 Å². The first-order valence-electron chi connectivity index (χ1n) is 8.10. The standard InChI is InChI=1S/C19H23N3O3/c1-3-17(14-7-9-16(25-2)10-8-14)22-19(24)21-12-13-5-4-6-15(11-13)18(20)23/h4-11,17H,3,12H2,1-2H3,(H2,20,23)(H2,21,22,24). The van der Waals surface area contributed by atoms with E-state index in [-0.39, 0.29) is 12.1 Å². The SMILES string of the molecule is CCC(NC(=O)NCc1cccc(C(N)=O)c1)c1ccc(OC)cc1. The number of amides is 3. The van der Waals surface area contributed by atoms with Gasteiger partial charge in [-0.15, -0.1) is 0 Å². The van der Waals surface area contributed by atoms with Crippen LogP contribution in [0.4, 0.5) is 4.79 Å². The minimum atomic E-state index is -0.489. The fraction of sp³-hybridized carbons (Fsp3) is 0.263. The summed E-state index contributed by atoms with van der Waals surface area (Å²) >= 11 is 0. The van der Waals surface area contributed by atoms with Gasteiger partial charge in [-0.05, 0) is 41.8 Å². The Morgan fingerprint density at radius 1 is 1.16 bits per heavy atom. The Morgan fingerprint density at radius 2 is 1.88 bits per heavy atom. The Hall–Kier alpha value is -3.02. The molecule has 25 heavy (non-hydrogen) atoms. The summed E-state index contributed by atoms with van der Waals surface area (Å²) in [5, 5.41) is 5.74. The maximum atomic E-state index is 12.2. The molecule has 0 fully saturated rings. The average molecular weight is 341 g/mol. The number of urea groups is 1. The van der Waals surface area contributed by atoms with Crippen molar-refractivity contribution in [2.24, 2.45) is 5.73 Å². The number of nitrogens with two attached hydrogens (primary N) is 1. The summed E-state index contributed by atoms with van der Waals surface area (Å²) in [7, 11) is 1.62. The molecule has 6 nitrogen and oxygen atoms in total. The molecule has 3 amide bonds. The van der Waals surface area contributed by atoms with Gasteiger partial charge in [0, 0.05) is 12.1 Å². The van der Waals surface area contributed by atoms with E-state index in [2.05, 4.69) is 10.6 Å². The number of hydrogen-bond donors (Lipinski definition) is 3. The molecule has 0 saturated heterocycles. The normalized spacial score (nSPS) is 11.4. The lowest BCUT2D eigenvalue weighted by molar-refractivity contribution is 0.1000. The molecular weight excluding hydrogens is 318 g/mol. The van der Waals surface area contributed by atoms with Crippen LogP contribution >= 0.6 is 0 Å². The molecule has 2 rings (SSSR count). The average Bonchev–Trinajstić information content (AvgIpc) is 2.64. The van der Waals surface area contributed by atoms with Crippen molar-refractivity contribution in [3.05, 3.63) is 65.2 Å². The second-order valence-electron chi connectivity index (χ2n) is 5.63. The molecule has 2 aromatic rings. The van der Waals surface area contributed by atoms with Crippen molar-refractivity contribution in [2.45, 2.75) is 25.9 Å². The highest BCUT2D eigenvalue weighted by molar-refractivity contribution is 5.92. The van der Waals surface area contributed by atoms with E-state index in [9.17, 15) is 9.59 Å². The van der Waals surface area contributed by atoms with E-state index < -0.39 is 5.91 Å². The van der Waals surface area contributed by atoms with Crippen LogP contribution < -0.4 is 21.1 Å². The van der Waals surface area contributed by atoms with Gasteiger partial charge in [-0.1, -0.05) is 31.2 Å². The zero-order valence-electron chi connectivity index (χ0n) is 14.4. The van der Waals surface area contributed by atoms with Gasteiger partial charge in [-0.25, -0.2) is 4.79 Å². The fourth-order valence-corrected chi connectivity index (χ4v) is 2.48. The van der Waals surface area contributed by atoms with Crippen molar-refractivity contribution >= 4 is 11.9 Å². The van der Waals surface area contributed by atoms with E-state index in [1.54, 1.807) is 25.3 Å². The lowest BCUT2D eigenvalue weighted by Crippen LogP contribution is -2.37. The summed E-state index contributed by atoms with van der Waals surface area (Å²) in [5.74, 6) is 0.286. The van der Waals surface area contributed by atoms with E-state index in [4.69, 9.17) is 10.5 Å². The Bertz CT molecular complexity index is 729. The smallest absolute Gasteiger partial charge is 0.315 e. The molecule has 2 aromatic carbocycles. The molecule has 0 saturated carbocycles. The maximum absolute atomic E-state index is 12.2. The molecule has 1 atom stereocenters. The van der Waals surface area contributed by atoms with Crippen LogP contribution in [-0.4, -0.2) is 19.0 Å². The van der Waals surface area contributed by atoms with Gasteiger partial charge in [0.2, 0.25) is 5.91 Å². The Labute approximate surface area is 147 Å². The molecule has 0 spiro atoms. The van der Waals surface area contributed by atoms with Crippen molar-refractivity contribution in [2.75, 3.05) is 7.11 Å². The van der Waals surface area contributed by atoms with Gasteiger partial charge in [0.05, 0.1) is 13.2 Å². The van der Waals surface area contributed by atoms with Crippen molar-refractivity contribution in [3.63, 3.8) is 0 Å². The molecule has 0 radical (unpaired) electrons. The number of carbonyl (C=O) groups is 2. The monoisotopic (exact) mass is 341 g/mol. The van der Waals surface area contributed by atoms with Crippen molar-refractivity contribution in [3.8, 4) is 5.75 Å². The highest BCUT2D eigenvalue weighted by Gasteiger charge is 2.12. The van der Waals surface area contributed by atoms with Crippen LogP contribution in [0.25, 0.3) is 0 Å². The largest absolute Gasteiger partial charge is 0.497 e. The zero-order chi connectivity index (χ0) is 18.2. The highest BCUT2D eigenvalue weighted by Crippen LogP contribution is 2.20. The molecule has 0 aromatic heterocycles. The first-order valence-corrected chi connectivity index (χ1v) is 8.10. The third-order valence-electron chi connectivity index (χ3n) is 3.90. The van der Waals surface area contributed by atoms with Crippen LogP contribution in [0.5, 0.6) is 5.75 Å². The van der Waals surface area contributed by atoms with Crippen molar-refractivity contribution in [1.29, 1.82) is 0 Å². The molecular formula is C19H23N3O3. The summed E-state index contributed by atoms with van der Waals surface area (Å²) in [6.07, 6.45) is 0.761. The molecule has 132 valence electrons. The molecule has 6 heteroatoms. The lowest BCUT2D eigenvalue weighted by atomic mass is 10.0. The van der Waals surface area contributed by atoms with E-state index in [1.807, 2.05) is 37.3 Å². The van der Waals surface area contributed by atoms with Gasteiger partial charge in [0.25, 0.3) is 0 Å². The van der Waals surface area contributed by atoms with Gasteiger partial charge in [-0.3, -0.25) is 4.79 Å². The third kappa shape index (κ3) is 5.24. The van der Waals surface area contributed by atoms with Gasteiger partial charge < -0.3 is 21.1 Å². The molecule has 0 aliphatic carbocycles. The van der Waals surface area contributed by atoms with E-state index >= 15 is 0 Å². The predicted octanol–water partition coefficient (Wildman–Crippen LogP) is 2.74. The Morgan fingerprint density at radius 3 is 2.48 bits per heavy atom. The topological polar surface area (TPSA) is 93.5 Å². The number of hydrogen-bond acceptors (Lipinski definition) is 3. The molecule has 0 aliphatic heterocycles. The van der Waals surface area contributed by atoms with Gasteiger partial charge >= 0.3 is 6.03 Å². The zero-order valence-corrected chi connectivity index (χ0v) is 14.4. The van der Waals surface area contributed by atoms with E-state index in [1.165, 1.54) is 0 Å². The summed E-state index contributed by atoms with van der Waals surface area (Å²) in [5.41, 5.74) is 7.50. The van der Waals surface area contributed by atoms with Crippen molar-refractivity contribution in [1.82, 2.24) is 10.6 Å². The molecule has 0 bridgehead atoms. The van der Waals surface area contributed by atoms with Crippen LogP contribution in [0.1, 0.15) is 40.9 Å². The van der Waals surface area contributed by atoms with E-state index in [0.717, 1.165) is 23.3 Å². The molecule has 1 unspecified atom stereocenters. The van der Waals surface area contributed by atoms with Crippen molar-refractivity contribution < 1.29 is 14.3 Å². The van der Waals surface area contributed by atoms with Gasteiger partial charge in [0.15, 0.2) is 0 Å². The molecule has 0 heterocycles. The summed E-state index contributed by atoms with van der Waals surface area (Å²) in [4.78, 5) is 23.4.